The maximum atomic E-state index is 13.5. The summed E-state index contributed by atoms with van der Waals surface area (Å²) in [6, 6.07) is 10.9. The average molecular weight is 550 g/mol. The zero-order valence-corrected chi connectivity index (χ0v) is 23.2. The van der Waals surface area contributed by atoms with E-state index in [0.29, 0.717) is 36.4 Å². The largest absolute Gasteiger partial charge is 0.477 e. The third-order valence-corrected chi connectivity index (χ3v) is 9.26. The summed E-state index contributed by atoms with van der Waals surface area (Å²) in [7, 11) is -2.76. The fourth-order valence-electron chi connectivity index (χ4n) is 5.96. The summed E-state index contributed by atoms with van der Waals surface area (Å²) in [5.41, 5.74) is 5.28. The number of carbonyl (C=O) groups is 1. The molecule has 1 spiro atoms. The topological polar surface area (TPSA) is 121 Å². The second-order valence-corrected chi connectivity index (χ2v) is 13.1. The Balaban J connectivity index is 1.29. The summed E-state index contributed by atoms with van der Waals surface area (Å²) in [5.74, 6) is 0.990. The van der Waals surface area contributed by atoms with Crippen LogP contribution in [-0.4, -0.2) is 49.5 Å². The quantitative estimate of drug-likeness (QED) is 0.326. The van der Waals surface area contributed by atoms with E-state index in [2.05, 4.69) is 15.3 Å². The number of benzene rings is 1. The molecule has 2 amide bonds. The summed E-state index contributed by atoms with van der Waals surface area (Å²) < 4.78 is 25.6. The first kappa shape index (κ1) is 26.0. The van der Waals surface area contributed by atoms with Crippen LogP contribution in [0.15, 0.2) is 47.6 Å². The lowest BCUT2D eigenvalue weighted by Gasteiger charge is -2.27. The Hall–Kier alpha value is -3.21. The van der Waals surface area contributed by atoms with Gasteiger partial charge in [-0.15, -0.1) is 0 Å². The molecule has 2 aliphatic carbocycles. The van der Waals surface area contributed by atoms with Crippen LogP contribution in [0.2, 0.25) is 0 Å². The molecule has 6 rings (SSSR count). The Morgan fingerprint density at radius 1 is 1.13 bits per heavy atom. The number of hydrogen-bond acceptors (Lipinski definition) is 7. The Morgan fingerprint density at radius 2 is 1.87 bits per heavy atom. The van der Waals surface area contributed by atoms with Crippen molar-refractivity contribution in [3.63, 3.8) is 0 Å². The van der Waals surface area contributed by atoms with Gasteiger partial charge in [0.2, 0.25) is 5.88 Å². The molecular weight excluding hydrogens is 514 g/mol. The van der Waals surface area contributed by atoms with E-state index in [1.807, 2.05) is 36.1 Å². The van der Waals surface area contributed by atoms with Gasteiger partial charge in [0, 0.05) is 30.7 Å². The van der Waals surface area contributed by atoms with Gasteiger partial charge in [0.15, 0.2) is 0 Å². The van der Waals surface area contributed by atoms with E-state index in [-0.39, 0.29) is 11.4 Å². The van der Waals surface area contributed by atoms with Crippen LogP contribution in [0, 0.1) is 0 Å². The number of fused-ring (bicyclic) bond motifs is 2. The van der Waals surface area contributed by atoms with Gasteiger partial charge in [0.1, 0.15) is 6.33 Å². The molecule has 10 heteroatoms. The lowest BCUT2D eigenvalue weighted by molar-refractivity contribution is 0.245. The molecule has 2 fully saturated rings. The van der Waals surface area contributed by atoms with Gasteiger partial charge in [0.25, 0.3) is 0 Å². The Labute approximate surface area is 230 Å². The molecule has 3 heterocycles. The van der Waals surface area contributed by atoms with E-state index in [0.717, 1.165) is 72.4 Å². The third-order valence-electron chi connectivity index (χ3n) is 8.09. The van der Waals surface area contributed by atoms with Crippen molar-refractivity contribution in [1.29, 1.82) is 0 Å². The van der Waals surface area contributed by atoms with E-state index in [9.17, 15) is 13.9 Å². The number of hydrogen-bond donors (Lipinski definition) is 3. The van der Waals surface area contributed by atoms with E-state index in [1.165, 1.54) is 6.26 Å². The minimum absolute atomic E-state index is 0.152. The van der Waals surface area contributed by atoms with Gasteiger partial charge in [0.05, 0.1) is 39.8 Å². The highest BCUT2D eigenvalue weighted by Gasteiger charge is 2.48. The molecule has 3 N–H and O–H groups in total. The summed E-state index contributed by atoms with van der Waals surface area (Å²) in [4.78, 5) is 30.1. The number of ether oxygens (including phenoxy) is 1. The zero-order valence-electron chi connectivity index (χ0n) is 22.4. The molecule has 206 valence electrons. The molecule has 0 bridgehead atoms. The van der Waals surface area contributed by atoms with Gasteiger partial charge < -0.3 is 10.1 Å². The van der Waals surface area contributed by atoms with Crippen LogP contribution in [0.4, 0.5) is 10.5 Å². The Kier molecular flexibility index (Phi) is 6.73. The standard InChI is InChI=1S/C29H35N5O4S/c1-3-38-27-24(25(20-8-9-20)31-18-32-27)22-12-13-23-26(33-22)29(14-4-5-15-29)17-34(23)28(35)30-16-19-6-10-21(11-7-19)39(2,36)37/h6-7,10-13,18,20,36-37H,3-5,8-9,14-17H2,1-2H3,(H,30,35). The molecule has 1 aliphatic heterocycles. The van der Waals surface area contributed by atoms with Crippen LogP contribution in [0.5, 0.6) is 5.88 Å². The number of pyridine rings is 1. The average Bonchev–Trinajstić information content (AvgIpc) is 3.59. The minimum atomic E-state index is -2.76. The number of urea groups is 1. The lowest BCUT2D eigenvalue weighted by atomic mass is 9.84. The molecule has 1 aromatic carbocycles. The molecule has 0 atom stereocenters. The molecular formula is C29H35N5O4S. The van der Waals surface area contributed by atoms with E-state index < -0.39 is 10.6 Å². The van der Waals surface area contributed by atoms with Crippen LogP contribution in [0.25, 0.3) is 11.3 Å². The molecule has 9 nitrogen and oxygen atoms in total. The summed E-state index contributed by atoms with van der Waals surface area (Å²) in [6.45, 7) is 3.42. The van der Waals surface area contributed by atoms with Gasteiger partial charge in [-0.3, -0.25) is 14.0 Å². The fourth-order valence-corrected chi connectivity index (χ4v) is 6.62. The predicted molar refractivity (Wildman–Crippen MR) is 152 cm³/mol. The first-order valence-corrected chi connectivity index (χ1v) is 15.6. The normalized spacial score (nSPS) is 18.3. The maximum Gasteiger partial charge on any atom is 0.322 e. The summed E-state index contributed by atoms with van der Waals surface area (Å²) in [6.07, 6.45) is 9.46. The van der Waals surface area contributed by atoms with E-state index in [4.69, 9.17) is 9.72 Å². The molecule has 0 radical (unpaired) electrons. The predicted octanol–water partition coefficient (Wildman–Crippen LogP) is 6.10. The SMILES string of the molecule is CCOc1ncnc(C2CC2)c1-c1ccc2c(n1)C1(CCCC1)CN2C(=O)NCc1ccc(S(C)(O)O)cc1. The highest BCUT2D eigenvalue weighted by molar-refractivity contribution is 8.23. The highest BCUT2D eigenvalue weighted by Crippen LogP contribution is 2.51. The lowest BCUT2D eigenvalue weighted by Crippen LogP contribution is -2.41. The monoisotopic (exact) mass is 549 g/mol. The van der Waals surface area contributed by atoms with Crippen LogP contribution < -0.4 is 15.0 Å². The molecule has 0 saturated heterocycles. The minimum Gasteiger partial charge on any atom is -0.477 e. The second kappa shape index (κ2) is 10.1. The number of nitrogens with zero attached hydrogens (tertiary/aromatic N) is 4. The summed E-state index contributed by atoms with van der Waals surface area (Å²) >= 11 is 0. The number of carbonyl (C=O) groups excluding carboxylic acids is 1. The summed E-state index contributed by atoms with van der Waals surface area (Å²) in [5, 5.41) is 3.05. The van der Waals surface area contributed by atoms with Crippen LogP contribution >= 0.6 is 10.6 Å². The smallest absolute Gasteiger partial charge is 0.322 e. The number of aromatic nitrogens is 3. The molecule has 39 heavy (non-hydrogen) atoms. The first-order chi connectivity index (χ1) is 18.8. The Morgan fingerprint density at radius 3 is 2.54 bits per heavy atom. The maximum absolute atomic E-state index is 13.5. The van der Waals surface area contributed by atoms with Crippen LogP contribution in [0.1, 0.15) is 68.3 Å². The van der Waals surface area contributed by atoms with Gasteiger partial charge in [-0.1, -0.05) is 25.0 Å². The Bertz CT molecular complexity index is 1380. The van der Waals surface area contributed by atoms with Gasteiger partial charge in [-0.05, 0) is 62.4 Å². The molecule has 3 aromatic rings. The van der Waals surface area contributed by atoms with Crippen LogP contribution in [-0.2, 0) is 12.0 Å². The number of amides is 2. The zero-order chi connectivity index (χ0) is 27.2. The van der Waals surface area contributed by atoms with Crippen molar-refractivity contribution >= 4 is 22.3 Å². The van der Waals surface area contributed by atoms with Crippen molar-refractivity contribution in [2.24, 2.45) is 0 Å². The number of nitrogens with one attached hydrogen (secondary N) is 1. The highest BCUT2D eigenvalue weighted by atomic mass is 32.3. The van der Waals surface area contributed by atoms with E-state index in [1.54, 1.807) is 18.5 Å². The van der Waals surface area contributed by atoms with Crippen molar-refractivity contribution in [1.82, 2.24) is 20.3 Å². The van der Waals surface area contributed by atoms with Crippen molar-refractivity contribution < 1.29 is 18.6 Å². The number of rotatable bonds is 7. The second-order valence-electron chi connectivity index (χ2n) is 10.9. The van der Waals surface area contributed by atoms with Crippen LogP contribution in [0.3, 0.4) is 0 Å². The third kappa shape index (κ3) is 4.97. The molecule has 0 unspecified atom stereocenters. The van der Waals surface area contributed by atoms with Crippen molar-refractivity contribution in [3.8, 4) is 17.1 Å². The first-order valence-electron chi connectivity index (χ1n) is 13.7. The molecule has 3 aliphatic rings. The fraction of sp³-hybridized carbons (Fsp3) is 0.448. The van der Waals surface area contributed by atoms with Crippen molar-refractivity contribution in [3.05, 3.63) is 59.7 Å². The van der Waals surface area contributed by atoms with Gasteiger partial charge in [-0.25, -0.2) is 19.7 Å². The van der Waals surface area contributed by atoms with Crippen molar-refractivity contribution in [2.75, 3.05) is 24.3 Å². The molecule has 2 saturated carbocycles. The molecule has 2 aromatic heterocycles. The van der Waals surface area contributed by atoms with Gasteiger partial charge in [-0.2, -0.15) is 10.6 Å². The number of anilines is 1. The van der Waals surface area contributed by atoms with E-state index >= 15 is 0 Å². The van der Waals surface area contributed by atoms with Gasteiger partial charge >= 0.3 is 6.03 Å². The van der Waals surface area contributed by atoms with Crippen molar-refractivity contribution in [2.45, 2.75) is 68.2 Å².